The Bertz CT molecular complexity index is 374. The third-order valence-electron chi connectivity index (χ3n) is 2.70. The molecule has 0 aliphatic rings. The highest BCUT2D eigenvalue weighted by atomic mass is 16.4. The highest BCUT2D eigenvalue weighted by molar-refractivity contribution is 5.84. The van der Waals surface area contributed by atoms with Crippen LogP contribution in [0.25, 0.3) is 0 Å². The van der Waals surface area contributed by atoms with E-state index in [1.807, 2.05) is 0 Å². The summed E-state index contributed by atoms with van der Waals surface area (Å²) in [4.78, 5) is 43.7. The van der Waals surface area contributed by atoms with Crippen LogP contribution in [0.1, 0.15) is 32.1 Å². The van der Waals surface area contributed by atoms with Gasteiger partial charge in [-0.3, -0.25) is 4.79 Å². The van der Waals surface area contributed by atoms with E-state index in [9.17, 15) is 19.2 Å². The van der Waals surface area contributed by atoms with Crippen LogP contribution >= 0.6 is 0 Å². The predicted octanol–water partition coefficient (Wildman–Crippen LogP) is -0.700. The first-order valence-electron chi connectivity index (χ1n) is 6.57. The number of amides is 2. The number of carbonyl (C=O) groups is 4. The van der Waals surface area contributed by atoms with Crippen LogP contribution in [0, 0.1) is 0 Å². The second kappa shape index (κ2) is 10.6. The van der Waals surface area contributed by atoms with Crippen molar-refractivity contribution in [3.8, 4) is 0 Å². The zero-order valence-electron chi connectivity index (χ0n) is 11.6. The smallest absolute Gasteiger partial charge is 0.326 e. The zero-order valence-corrected chi connectivity index (χ0v) is 11.6. The highest BCUT2D eigenvalue weighted by Gasteiger charge is 2.21. The van der Waals surface area contributed by atoms with Crippen LogP contribution in [0.4, 0.5) is 4.79 Å². The van der Waals surface area contributed by atoms with E-state index in [1.165, 1.54) is 0 Å². The van der Waals surface area contributed by atoms with Gasteiger partial charge in [-0.1, -0.05) is 0 Å². The van der Waals surface area contributed by atoms with Crippen molar-refractivity contribution in [2.45, 2.75) is 44.2 Å². The van der Waals surface area contributed by atoms with Crippen LogP contribution in [0.2, 0.25) is 0 Å². The molecule has 0 unspecified atom stereocenters. The molecular formula is C12H21N3O6. The topological polar surface area (TPSA) is 159 Å². The number of carboxylic acid groups (broad SMARTS) is 2. The summed E-state index contributed by atoms with van der Waals surface area (Å²) in [5, 5.41) is 21.9. The molecule has 2 amide bonds. The molecule has 9 heteroatoms. The maximum atomic E-state index is 11.6. The minimum atomic E-state index is -1.18. The fraction of sp³-hybridized carbons (Fsp3) is 0.667. The number of nitrogens with one attached hydrogen (secondary N) is 2. The van der Waals surface area contributed by atoms with E-state index >= 15 is 0 Å². The van der Waals surface area contributed by atoms with Gasteiger partial charge in [0.2, 0.25) is 0 Å². The summed E-state index contributed by atoms with van der Waals surface area (Å²) < 4.78 is 0. The lowest BCUT2D eigenvalue weighted by Crippen LogP contribution is -2.49. The van der Waals surface area contributed by atoms with Crippen LogP contribution in [0.3, 0.4) is 0 Å². The summed E-state index contributed by atoms with van der Waals surface area (Å²) in [7, 11) is 0. The van der Waals surface area contributed by atoms with Gasteiger partial charge in [-0.25, -0.2) is 9.59 Å². The molecule has 0 saturated carbocycles. The number of hydrogen-bond donors (Lipinski definition) is 5. The average Bonchev–Trinajstić information content (AvgIpc) is 2.42. The lowest BCUT2D eigenvalue weighted by Gasteiger charge is -2.17. The number of hydrogen-bond acceptors (Lipinski definition) is 5. The van der Waals surface area contributed by atoms with Crippen LogP contribution in [0.5, 0.6) is 0 Å². The molecule has 0 fully saturated rings. The number of aldehydes is 1. The molecule has 0 aromatic heterocycles. The maximum absolute atomic E-state index is 11.6. The van der Waals surface area contributed by atoms with Crippen molar-refractivity contribution in [3.63, 3.8) is 0 Å². The first-order chi connectivity index (χ1) is 9.90. The van der Waals surface area contributed by atoms with E-state index in [-0.39, 0.29) is 19.3 Å². The first kappa shape index (κ1) is 18.8. The standard InChI is InChI=1S/C12H21N3O6/c13-6-2-1-3-9(11(19)20)15-12(21)14-8(7-16)4-5-10(17)18/h7-9H,1-6,13H2,(H,17,18)(H,19,20)(H2,14,15,21)/t8-,9-/m0/s1. The van der Waals surface area contributed by atoms with Crippen molar-refractivity contribution in [2.75, 3.05) is 6.54 Å². The third kappa shape index (κ3) is 9.38. The molecule has 0 spiro atoms. The summed E-state index contributed by atoms with van der Waals surface area (Å²) >= 11 is 0. The molecule has 0 saturated heterocycles. The molecule has 0 aliphatic carbocycles. The normalized spacial score (nSPS) is 13.0. The number of carbonyl (C=O) groups excluding carboxylic acids is 2. The van der Waals surface area contributed by atoms with Crippen LogP contribution in [0.15, 0.2) is 0 Å². The first-order valence-corrected chi connectivity index (χ1v) is 6.57. The Labute approximate surface area is 121 Å². The van der Waals surface area contributed by atoms with Crippen LogP contribution in [-0.4, -0.2) is 53.1 Å². The Morgan fingerprint density at radius 3 is 2.24 bits per heavy atom. The number of aliphatic carboxylic acids is 2. The molecular weight excluding hydrogens is 282 g/mol. The monoisotopic (exact) mass is 303 g/mol. The summed E-state index contributed by atoms with van der Waals surface area (Å²) in [6, 6.07) is -2.87. The van der Waals surface area contributed by atoms with Gasteiger partial charge < -0.3 is 31.4 Å². The molecule has 0 bridgehead atoms. The Kier molecular flexibility index (Phi) is 9.52. The molecule has 2 atom stereocenters. The maximum Gasteiger partial charge on any atom is 0.326 e. The summed E-state index contributed by atoms with van der Waals surface area (Å²) in [5.41, 5.74) is 5.30. The molecule has 6 N–H and O–H groups in total. The fourth-order valence-electron chi connectivity index (χ4n) is 1.57. The number of carboxylic acids is 2. The van der Waals surface area contributed by atoms with Crippen molar-refractivity contribution >= 4 is 24.3 Å². The molecule has 0 heterocycles. The quantitative estimate of drug-likeness (QED) is 0.249. The molecule has 0 rings (SSSR count). The van der Waals surface area contributed by atoms with Crippen molar-refractivity contribution in [1.29, 1.82) is 0 Å². The van der Waals surface area contributed by atoms with Gasteiger partial charge >= 0.3 is 18.0 Å². The zero-order chi connectivity index (χ0) is 16.3. The van der Waals surface area contributed by atoms with Gasteiger partial charge in [-0.15, -0.1) is 0 Å². The largest absolute Gasteiger partial charge is 0.481 e. The van der Waals surface area contributed by atoms with E-state index in [0.29, 0.717) is 25.7 Å². The van der Waals surface area contributed by atoms with Gasteiger partial charge in [0.05, 0.1) is 6.04 Å². The Balaban J connectivity index is 4.30. The Hall–Kier alpha value is -2.16. The van der Waals surface area contributed by atoms with Gasteiger partial charge in [0, 0.05) is 6.42 Å². The van der Waals surface area contributed by atoms with Crippen LogP contribution < -0.4 is 16.4 Å². The van der Waals surface area contributed by atoms with Crippen molar-refractivity contribution in [1.82, 2.24) is 10.6 Å². The molecule has 0 radical (unpaired) electrons. The number of unbranched alkanes of at least 4 members (excludes halogenated alkanes) is 1. The minimum Gasteiger partial charge on any atom is -0.481 e. The van der Waals surface area contributed by atoms with E-state index in [4.69, 9.17) is 15.9 Å². The fourth-order valence-corrected chi connectivity index (χ4v) is 1.57. The third-order valence-corrected chi connectivity index (χ3v) is 2.70. The molecule has 120 valence electrons. The van der Waals surface area contributed by atoms with E-state index in [0.717, 1.165) is 0 Å². The van der Waals surface area contributed by atoms with E-state index in [1.54, 1.807) is 0 Å². The van der Waals surface area contributed by atoms with E-state index < -0.39 is 30.1 Å². The minimum absolute atomic E-state index is 0.0584. The van der Waals surface area contributed by atoms with Gasteiger partial charge in [-0.05, 0) is 32.2 Å². The molecule has 9 nitrogen and oxygen atoms in total. The Morgan fingerprint density at radius 1 is 1.10 bits per heavy atom. The molecule has 21 heavy (non-hydrogen) atoms. The Morgan fingerprint density at radius 2 is 1.76 bits per heavy atom. The van der Waals surface area contributed by atoms with Crippen molar-refractivity contribution in [2.24, 2.45) is 5.73 Å². The van der Waals surface area contributed by atoms with Gasteiger partial charge in [0.25, 0.3) is 0 Å². The second-order valence-electron chi connectivity index (χ2n) is 4.47. The van der Waals surface area contributed by atoms with Crippen LogP contribution in [-0.2, 0) is 14.4 Å². The predicted molar refractivity (Wildman–Crippen MR) is 72.7 cm³/mol. The number of urea groups is 1. The van der Waals surface area contributed by atoms with Gasteiger partial charge in [-0.2, -0.15) is 0 Å². The summed E-state index contributed by atoms with van der Waals surface area (Å²) in [5.74, 6) is -2.27. The van der Waals surface area contributed by atoms with Crippen molar-refractivity contribution < 1.29 is 29.4 Å². The highest BCUT2D eigenvalue weighted by Crippen LogP contribution is 2.01. The lowest BCUT2D eigenvalue weighted by molar-refractivity contribution is -0.139. The van der Waals surface area contributed by atoms with Crippen molar-refractivity contribution in [3.05, 3.63) is 0 Å². The average molecular weight is 303 g/mol. The van der Waals surface area contributed by atoms with E-state index in [2.05, 4.69) is 10.6 Å². The summed E-state index contributed by atoms with van der Waals surface area (Å²) in [6.45, 7) is 0.431. The lowest BCUT2D eigenvalue weighted by atomic mass is 10.1. The number of nitrogens with two attached hydrogens (primary N) is 1. The van der Waals surface area contributed by atoms with Gasteiger partial charge in [0.1, 0.15) is 12.3 Å². The molecule has 0 aromatic rings. The SMILES string of the molecule is NCCCC[C@H](NC(=O)N[C@H](C=O)CCC(=O)O)C(=O)O. The van der Waals surface area contributed by atoms with Gasteiger partial charge in [0.15, 0.2) is 0 Å². The second-order valence-corrected chi connectivity index (χ2v) is 4.47. The molecule has 0 aromatic carbocycles. The molecule has 0 aliphatic heterocycles. The number of rotatable bonds is 11. The summed E-state index contributed by atoms with van der Waals surface area (Å²) in [6.07, 6.45) is 1.49.